The van der Waals surface area contributed by atoms with Crippen molar-refractivity contribution in [3.8, 4) is 11.5 Å². The Bertz CT molecular complexity index is 1110. The first-order chi connectivity index (χ1) is 15.5. The van der Waals surface area contributed by atoms with E-state index >= 15 is 0 Å². The molecule has 6 nitrogen and oxygen atoms in total. The van der Waals surface area contributed by atoms with Gasteiger partial charge in [-0.25, -0.2) is 4.90 Å². The fourth-order valence-corrected chi connectivity index (χ4v) is 4.24. The van der Waals surface area contributed by atoms with E-state index in [1.165, 1.54) is 16.7 Å². The molecular weight excluding hydrogens is 424 g/mol. The molecule has 1 atom stereocenters. The van der Waals surface area contributed by atoms with E-state index < -0.39 is 5.25 Å². The molecule has 162 valence electrons. The van der Waals surface area contributed by atoms with Gasteiger partial charge in [-0.3, -0.25) is 14.4 Å². The number of thioether (sulfide) groups is 1. The first-order valence-electron chi connectivity index (χ1n) is 10.2. The topological polar surface area (TPSA) is 75.7 Å². The van der Waals surface area contributed by atoms with Gasteiger partial charge in [-0.1, -0.05) is 35.9 Å². The van der Waals surface area contributed by atoms with Crippen molar-refractivity contribution in [3.05, 3.63) is 84.4 Å². The second-order valence-electron chi connectivity index (χ2n) is 7.39. The minimum atomic E-state index is -0.577. The number of ether oxygens (including phenoxy) is 1. The summed E-state index contributed by atoms with van der Waals surface area (Å²) in [5, 5.41) is 2.23. The molecular formula is C25H22N2O4S. The zero-order valence-electron chi connectivity index (χ0n) is 17.5. The summed E-state index contributed by atoms with van der Waals surface area (Å²) < 4.78 is 5.75. The van der Waals surface area contributed by atoms with Gasteiger partial charge in [0.2, 0.25) is 17.7 Å². The number of aryl methyl sites for hydroxylation is 1. The molecule has 0 radical (unpaired) electrons. The van der Waals surface area contributed by atoms with Crippen molar-refractivity contribution in [1.29, 1.82) is 0 Å². The van der Waals surface area contributed by atoms with Crippen LogP contribution >= 0.6 is 11.8 Å². The van der Waals surface area contributed by atoms with Crippen LogP contribution in [0.2, 0.25) is 0 Å². The van der Waals surface area contributed by atoms with Crippen LogP contribution in [0.5, 0.6) is 11.5 Å². The van der Waals surface area contributed by atoms with Gasteiger partial charge in [0, 0.05) is 12.1 Å². The minimum Gasteiger partial charge on any atom is -0.457 e. The van der Waals surface area contributed by atoms with E-state index in [1.807, 2.05) is 61.5 Å². The normalized spacial score (nSPS) is 15.7. The standard InChI is InChI=1S/C25H22N2O4S/c1-17-7-9-18(10-8-17)26-23(28)16-32-22-15-24(29)27(25(22)30)19-11-13-21(14-12-19)31-20-5-3-2-4-6-20/h2-14,22H,15-16H2,1H3,(H,26,28)/t22-/m1/s1. The number of benzene rings is 3. The predicted octanol–water partition coefficient (Wildman–Crippen LogP) is 4.79. The molecule has 1 heterocycles. The van der Waals surface area contributed by atoms with Gasteiger partial charge in [-0.2, -0.15) is 0 Å². The Hall–Kier alpha value is -3.58. The molecule has 0 spiro atoms. The van der Waals surface area contributed by atoms with Crippen molar-refractivity contribution < 1.29 is 19.1 Å². The van der Waals surface area contributed by atoms with Crippen LogP contribution < -0.4 is 15.0 Å². The number of carbonyl (C=O) groups excluding carboxylic acids is 3. The second kappa shape index (κ2) is 9.70. The number of imide groups is 1. The van der Waals surface area contributed by atoms with Crippen molar-refractivity contribution >= 4 is 40.9 Å². The van der Waals surface area contributed by atoms with Crippen LogP contribution in [0.1, 0.15) is 12.0 Å². The zero-order chi connectivity index (χ0) is 22.5. The van der Waals surface area contributed by atoms with Crippen LogP contribution in [-0.2, 0) is 14.4 Å². The number of nitrogens with zero attached hydrogens (tertiary/aromatic N) is 1. The molecule has 1 aliphatic rings. The number of rotatable bonds is 7. The average Bonchev–Trinajstić information content (AvgIpc) is 3.08. The molecule has 0 bridgehead atoms. The Morgan fingerprint density at radius 3 is 2.31 bits per heavy atom. The van der Waals surface area contributed by atoms with E-state index in [9.17, 15) is 14.4 Å². The molecule has 0 unspecified atom stereocenters. The lowest BCUT2D eigenvalue weighted by Crippen LogP contribution is -2.31. The fraction of sp³-hybridized carbons (Fsp3) is 0.160. The SMILES string of the molecule is Cc1ccc(NC(=O)CS[C@@H]2CC(=O)N(c3ccc(Oc4ccccc4)cc3)C2=O)cc1. The Balaban J connectivity index is 1.34. The van der Waals surface area contributed by atoms with Gasteiger partial charge in [0.25, 0.3) is 0 Å². The predicted molar refractivity (Wildman–Crippen MR) is 126 cm³/mol. The summed E-state index contributed by atoms with van der Waals surface area (Å²) in [6.45, 7) is 1.97. The molecule has 0 aliphatic carbocycles. The zero-order valence-corrected chi connectivity index (χ0v) is 18.3. The lowest BCUT2D eigenvalue weighted by Gasteiger charge is -2.15. The van der Waals surface area contributed by atoms with E-state index in [-0.39, 0.29) is 29.9 Å². The van der Waals surface area contributed by atoms with Crippen molar-refractivity contribution in [2.24, 2.45) is 0 Å². The number of nitrogens with one attached hydrogen (secondary N) is 1. The van der Waals surface area contributed by atoms with Gasteiger partial charge < -0.3 is 10.1 Å². The Morgan fingerprint density at radius 2 is 1.62 bits per heavy atom. The third-order valence-electron chi connectivity index (χ3n) is 4.93. The summed E-state index contributed by atoms with van der Waals surface area (Å²) in [6.07, 6.45) is 0.0730. The van der Waals surface area contributed by atoms with Gasteiger partial charge in [-0.15, -0.1) is 11.8 Å². The molecule has 1 N–H and O–H groups in total. The van der Waals surface area contributed by atoms with Crippen LogP contribution in [-0.4, -0.2) is 28.7 Å². The largest absolute Gasteiger partial charge is 0.457 e. The highest BCUT2D eigenvalue weighted by Gasteiger charge is 2.40. The van der Waals surface area contributed by atoms with Crippen molar-refractivity contribution in [2.45, 2.75) is 18.6 Å². The number of hydrogen-bond acceptors (Lipinski definition) is 5. The van der Waals surface area contributed by atoms with E-state index in [0.29, 0.717) is 22.9 Å². The minimum absolute atomic E-state index is 0.0730. The van der Waals surface area contributed by atoms with E-state index in [4.69, 9.17) is 4.74 Å². The van der Waals surface area contributed by atoms with Crippen LogP contribution in [0.25, 0.3) is 0 Å². The molecule has 3 aromatic rings. The summed E-state index contributed by atoms with van der Waals surface area (Å²) in [4.78, 5) is 38.7. The molecule has 3 aromatic carbocycles. The summed E-state index contributed by atoms with van der Waals surface area (Å²) in [6, 6.07) is 23.6. The highest BCUT2D eigenvalue weighted by atomic mass is 32.2. The quantitative estimate of drug-likeness (QED) is 0.528. The van der Waals surface area contributed by atoms with Gasteiger partial charge in [-0.05, 0) is 55.5 Å². The maximum absolute atomic E-state index is 12.8. The monoisotopic (exact) mass is 446 g/mol. The average molecular weight is 447 g/mol. The summed E-state index contributed by atoms with van der Waals surface area (Å²) in [7, 11) is 0. The third-order valence-corrected chi connectivity index (χ3v) is 6.13. The number of hydrogen-bond donors (Lipinski definition) is 1. The molecule has 4 rings (SSSR count). The Kier molecular flexibility index (Phi) is 6.56. The summed E-state index contributed by atoms with van der Waals surface area (Å²) in [5.41, 5.74) is 2.30. The van der Waals surface area contributed by atoms with Crippen LogP contribution in [0.15, 0.2) is 78.9 Å². The molecule has 1 saturated heterocycles. The maximum atomic E-state index is 12.8. The molecule has 1 fully saturated rings. The number of para-hydroxylation sites is 1. The summed E-state index contributed by atoms with van der Waals surface area (Å²) >= 11 is 1.18. The fourth-order valence-electron chi connectivity index (χ4n) is 3.30. The smallest absolute Gasteiger partial charge is 0.247 e. The van der Waals surface area contributed by atoms with Crippen molar-refractivity contribution in [3.63, 3.8) is 0 Å². The molecule has 0 saturated carbocycles. The Labute approximate surface area is 190 Å². The molecule has 7 heteroatoms. The van der Waals surface area contributed by atoms with Crippen molar-refractivity contribution in [2.75, 3.05) is 16.0 Å². The van der Waals surface area contributed by atoms with Crippen molar-refractivity contribution in [1.82, 2.24) is 0 Å². The molecule has 3 amide bonds. The molecule has 32 heavy (non-hydrogen) atoms. The highest BCUT2D eigenvalue weighted by molar-refractivity contribution is 8.01. The first kappa shape index (κ1) is 21.6. The number of carbonyl (C=O) groups is 3. The van der Waals surface area contributed by atoms with E-state index in [0.717, 1.165) is 5.56 Å². The molecule has 1 aliphatic heterocycles. The van der Waals surface area contributed by atoms with Crippen LogP contribution in [0, 0.1) is 6.92 Å². The number of anilines is 2. The lowest BCUT2D eigenvalue weighted by molar-refractivity contribution is -0.121. The van der Waals surface area contributed by atoms with Gasteiger partial charge in [0.15, 0.2) is 0 Å². The van der Waals surface area contributed by atoms with Crippen LogP contribution in [0.4, 0.5) is 11.4 Å². The lowest BCUT2D eigenvalue weighted by atomic mass is 10.2. The van der Waals surface area contributed by atoms with Gasteiger partial charge in [0.05, 0.1) is 16.7 Å². The second-order valence-corrected chi connectivity index (χ2v) is 8.59. The van der Waals surface area contributed by atoms with E-state index in [2.05, 4.69) is 5.32 Å². The van der Waals surface area contributed by atoms with E-state index in [1.54, 1.807) is 24.3 Å². The maximum Gasteiger partial charge on any atom is 0.247 e. The van der Waals surface area contributed by atoms with Gasteiger partial charge >= 0.3 is 0 Å². The summed E-state index contributed by atoms with van der Waals surface area (Å²) in [5.74, 6) is 0.615. The molecule has 0 aromatic heterocycles. The van der Waals surface area contributed by atoms with Gasteiger partial charge in [0.1, 0.15) is 11.5 Å². The van der Waals surface area contributed by atoms with Crippen LogP contribution in [0.3, 0.4) is 0 Å². The first-order valence-corrected chi connectivity index (χ1v) is 11.2. The highest BCUT2D eigenvalue weighted by Crippen LogP contribution is 2.31. The Morgan fingerprint density at radius 1 is 0.969 bits per heavy atom. The number of amides is 3. The third kappa shape index (κ3) is 5.18.